The molecular formula is C10H11N5O3S. The van der Waals surface area contributed by atoms with E-state index in [-0.39, 0.29) is 10.9 Å². The first kappa shape index (κ1) is 12.9. The first-order chi connectivity index (χ1) is 9.03. The van der Waals surface area contributed by atoms with Gasteiger partial charge in [-0.05, 0) is 18.2 Å². The van der Waals surface area contributed by atoms with Gasteiger partial charge in [0.2, 0.25) is 0 Å². The summed E-state index contributed by atoms with van der Waals surface area (Å²) in [5.74, 6) is -0.109. The zero-order valence-electron chi connectivity index (χ0n) is 9.61. The Morgan fingerprint density at radius 3 is 2.84 bits per heavy atom. The fraction of sp³-hybridized carbons (Fsp3) is 0. The van der Waals surface area contributed by atoms with Crippen molar-refractivity contribution in [1.29, 1.82) is 0 Å². The molecule has 0 aliphatic rings. The largest absolute Gasteiger partial charge is 0.409 e. The number of aromatic nitrogens is 2. The van der Waals surface area contributed by atoms with E-state index in [1.54, 1.807) is 18.2 Å². The third-order valence-corrected chi connectivity index (χ3v) is 3.59. The van der Waals surface area contributed by atoms with E-state index in [0.717, 1.165) is 0 Å². The van der Waals surface area contributed by atoms with Crippen LogP contribution in [0.2, 0.25) is 0 Å². The van der Waals surface area contributed by atoms with Crippen molar-refractivity contribution in [3.05, 3.63) is 42.1 Å². The van der Waals surface area contributed by atoms with Gasteiger partial charge >= 0.3 is 0 Å². The molecule has 1 heterocycles. The number of hydrogen-bond acceptors (Lipinski definition) is 5. The number of nitrogens with one attached hydrogen (secondary N) is 2. The summed E-state index contributed by atoms with van der Waals surface area (Å²) in [4.78, 5) is 0. The van der Waals surface area contributed by atoms with Gasteiger partial charge in [0.15, 0.2) is 10.9 Å². The highest BCUT2D eigenvalue weighted by Gasteiger charge is 2.15. The Bertz CT molecular complexity index is 694. The highest BCUT2D eigenvalue weighted by Crippen LogP contribution is 2.15. The quantitative estimate of drug-likeness (QED) is 0.277. The summed E-state index contributed by atoms with van der Waals surface area (Å²) >= 11 is 0. The van der Waals surface area contributed by atoms with E-state index >= 15 is 0 Å². The molecule has 0 aliphatic heterocycles. The Kier molecular flexibility index (Phi) is 3.38. The lowest BCUT2D eigenvalue weighted by atomic mass is 10.2. The molecule has 0 bridgehead atoms. The van der Waals surface area contributed by atoms with Gasteiger partial charge in [-0.3, -0.25) is 9.82 Å². The summed E-state index contributed by atoms with van der Waals surface area (Å²) in [6, 6.07) is 7.49. The first-order valence-electron chi connectivity index (χ1n) is 5.13. The van der Waals surface area contributed by atoms with Crippen molar-refractivity contribution in [1.82, 2.24) is 10.2 Å². The van der Waals surface area contributed by atoms with Crippen molar-refractivity contribution in [3.8, 4) is 0 Å². The van der Waals surface area contributed by atoms with Gasteiger partial charge in [0.1, 0.15) is 0 Å². The number of hydrogen-bond donors (Lipinski definition) is 4. The third-order valence-electron chi connectivity index (χ3n) is 2.28. The van der Waals surface area contributed by atoms with E-state index < -0.39 is 10.0 Å². The van der Waals surface area contributed by atoms with Crippen LogP contribution in [0.15, 0.2) is 46.7 Å². The van der Waals surface area contributed by atoms with Gasteiger partial charge in [-0.15, -0.1) is 0 Å². The molecule has 5 N–H and O–H groups in total. The average Bonchev–Trinajstić information content (AvgIpc) is 2.92. The third kappa shape index (κ3) is 2.83. The molecule has 9 heteroatoms. The molecule has 0 aliphatic carbocycles. The van der Waals surface area contributed by atoms with Crippen molar-refractivity contribution >= 4 is 21.5 Å². The number of nitrogens with two attached hydrogens (primary N) is 1. The summed E-state index contributed by atoms with van der Waals surface area (Å²) in [5.41, 5.74) is 6.11. The maximum atomic E-state index is 11.9. The molecule has 0 spiro atoms. The van der Waals surface area contributed by atoms with E-state index in [1.807, 2.05) is 0 Å². The molecule has 2 aromatic rings. The lowest BCUT2D eigenvalue weighted by Crippen LogP contribution is -2.16. The molecule has 0 fully saturated rings. The van der Waals surface area contributed by atoms with Crippen molar-refractivity contribution in [2.24, 2.45) is 10.9 Å². The van der Waals surface area contributed by atoms with Crippen LogP contribution in [0.1, 0.15) is 5.56 Å². The molecular weight excluding hydrogens is 270 g/mol. The molecule has 2 rings (SSSR count). The van der Waals surface area contributed by atoms with Crippen LogP contribution in [0.25, 0.3) is 0 Å². The Labute approximate surface area is 109 Å². The van der Waals surface area contributed by atoms with Gasteiger partial charge < -0.3 is 10.9 Å². The zero-order chi connectivity index (χ0) is 13.9. The van der Waals surface area contributed by atoms with Gasteiger partial charge in [-0.25, -0.2) is 0 Å². The Balaban J connectivity index is 2.30. The number of anilines is 1. The van der Waals surface area contributed by atoms with Crippen LogP contribution >= 0.6 is 0 Å². The number of aromatic amines is 1. The fourth-order valence-corrected chi connectivity index (χ4v) is 2.36. The number of sulfonamides is 1. The van der Waals surface area contributed by atoms with E-state index in [4.69, 9.17) is 10.9 Å². The molecule has 0 saturated carbocycles. The second-order valence-corrected chi connectivity index (χ2v) is 5.24. The summed E-state index contributed by atoms with van der Waals surface area (Å²) in [7, 11) is -3.73. The lowest BCUT2D eigenvalue weighted by molar-refractivity contribution is 0.318. The van der Waals surface area contributed by atoms with Gasteiger partial charge in [0, 0.05) is 11.3 Å². The molecule has 19 heavy (non-hydrogen) atoms. The van der Waals surface area contributed by atoms with Crippen LogP contribution in [0.5, 0.6) is 0 Å². The van der Waals surface area contributed by atoms with Crippen LogP contribution in [-0.4, -0.2) is 29.7 Å². The smallest absolute Gasteiger partial charge is 0.278 e. The highest BCUT2D eigenvalue weighted by molar-refractivity contribution is 7.92. The molecule has 100 valence electrons. The van der Waals surface area contributed by atoms with Gasteiger partial charge in [-0.2, -0.15) is 13.5 Å². The number of rotatable bonds is 4. The summed E-state index contributed by atoms with van der Waals surface area (Å²) < 4.78 is 26.2. The minimum Gasteiger partial charge on any atom is -0.409 e. The SMILES string of the molecule is N/C(=N/O)c1cccc(NS(=O)(=O)c2ccn[nH]2)c1. The zero-order valence-corrected chi connectivity index (χ0v) is 10.4. The van der Waals surface area contributed by atoms with Crippen molar-refractivity contribution in [2.75, 3.05) is 4.72 Å². The first-order valence-corrected chi connectivity index (χ1v) is 6.61. The van der Waals surface area contributed by atoms with E-state index in [9.17, 15) is 8.42 Å². The van der Waals surface area contributed by atoms with Crippen molar-refractivity contribution < 1.29 is 13.6 Å². The minimum absolute atomic E-state index is 0.0540. The number of amidine groups is 1. The number of oxime groups is 1. The Morgan fingerprint density at radius 2 is 2.21 bits per heavy atom. The second kappa shape index (κ2) is 4.98. The molecule has 0 saturated heterocycles. The topological polar surface area (TPSA) is 133 Å². The van der Waals surface area contributed by atoms with Crippen LogP contribution in [-0.2, 0) is 10.0 Å². The lowest BCUT2D eigenvalue weighted by Gasteiger charge is -2.07. The second-order valence-electron chi connectivity index (χ2n) is 3.59. The Hall–Kier alpha value is -2.55. The molecule has 1 aromatic carbocycles. The monoisotopic (exact) mass is 281 g/mol. The maximum absolute atomic E-state index is 11.9. The van der Waals surface area contributed by atoms with Crippen LogP contribution in [0, 0.1) is 0 Å². The molecule has 0 atom stereocenters. The summed E-state index contributed by atoms with van der Waals surface area (Å²) in [6.45, 7) is 0. The molecule has 0 unspecified atom stereocenters. The number of nitrogens with zero attached hydrogens (tertiary/aromatic N) is 2. The molecule has 1 aromatic heterocycles. The predicted octanol–water partition coefficient (Wildman–Crippen LogP) is 0.305. The number of H-pyrrole nitrogens is 1. The Morgan fingerprint density at radius 1 is 1.42 bits per heavy atom. The van der Waals surface area contributed by atoms with Crippen molar-refractivity contribution in [3.63, 3.8) is 0 Å². The summed E-state index contributed by atoms with van der Waals surface area (Å²) in [5, 5.41) is 17.3. The van der Waals surface area contributed by atoms with Gasteiger partial charge in [0.25, 0.3) is 10.0 Å². The van der Waals surface area contributed by atoms with E-state index in [0.29, 0.717) is 11.3 Å². The minimum atomic E-state index is -3.73. The van der Waals surface area contributed by atoms with Crippen molar-refractivity contribution in [2.45, 2.75) is 5.03 Å². The molecule has 0 radical (unpaired) electrons. The van der Waals surface area contributed by atoms with E-state index in [1.165, 1.54) is 18.3 Å². The highest BCUT2D eigenvalue weighted by atomic mass is 32.2. The van der Waals surface area contributed by atoms with Crippen LogP contribution in [0.4, 0.5) is 5.69 Å². The average molecular weight is 281 g/mol. The normalized spacial score (nSPS) is 12.3. The molecule has 8 nitrogen and oxygen atoms in total. The maximum Gasteiger partial charge on any atom is 0.278 e. The van der Waals surface area contributed by atoms with Crippen LogP contribution < -0.4 is 10.5 Å². The van der Waals surface area contributed by atoms with E-state index in [2.05, 4.69) is 20.1 Å². The number of benzene rings is 1. The standard InChI is InChI=1S/C10H11N5O3S/c11-10(14-16)7-2-1-3-8(6-7)15-19(17,18)9-4-5-12-13-9/h1-6,15-16H,(H2,11,14)(H,12,13). The fourth-order valence-electron chi connectivity index (χ4n) is 1.40. The molecule has 0 amide bonds. The van der Waals surface area contributed by atoms with Crippen LogP contribution in [0.3, 0.4) is 0 Å². The summed E-state index contributed by atoms with van der Waals surface area (Å²) in [6.07, 6.45) is 1.33. The predicted molar refractivity (Wildman–Crippen MR) is 68.3 cm³/mol. The van der Waals surface area contributed by atoms with Gasteiger partial charge in [-0.1, -0.05) is 17.3 Å². The van der Waals surface area contributed by atoms with Gasteiger partial charge in [0.05, 0.1) is 6.20 Å².